The van der Waals surface area contributed by atoms with Crippen LogP contribution < -0.4 is 0 Å². The molecule has 8 heterocycles. The molecule has 0 unspecified atom stereocenters. The Balaban J connectivity index is 1.02. The van der Waals surface area contributed by atoms with Gasteiger partial charge in [0.2, 0.25) is 0 Å². The minimum Gasteiger partial charge on any atom is -0.456 e. The maximum Gasteiger partial charge on any atom is 0.136 e. The lowest BCUT2D eigenvalue weighted by Crippen LogP contribution is -2.15. The predicted molar refractivity (Wildman–Crippen MR) is 363 cm³/mol. The molecule has 414 valence electrons. The minimum absolute atomic E-state index is 0.296. The summed E-state index contributed by atoms with van der Waals surface area (Å²) in [5.74, 6) is 0. The van der Waals surface area contributed by atoms with Crippen molar-refractivity contribution in [3.63, 3.8) is 0 Å². The number of rotatable bonds is 4. The van der Waals surface area contributed by atoms with Gasteiger partial charge in [0.05, 0.1) is 61.3 Å². The maximum absolute atomic E-state index is 12.8. The summed E-state index contributed by atoms with van der Waals surface area (Å²) in [4.78, 5) is 3.63. The number of hydrogen-bond donors (Lipinski definition) is 1. The van der Waals surface area contributed by atoms with Crippen LogP contribution in [-0.2, 0) is 0 Å². The van der Waals surface area contributed by atoms with Gasteiger partial charge in [0.15, 0.2) is 0 Å². The van der Waals surface area contributed by atoms with Crippen LogP contribution in [0.5, 0.6) is 0 Å². The molecule has 21 aromatic rings. The van der Waals surface area contributed by atoms with E-state index in [0.29, 0.717) is 44.9 Å². The number of hydrogen-bond acceptors (Lipinski definition) is 6. The Morgan fingerprint density at radius 3 is 1.10 bits per heavy atom. The molecule has 0 aliphatic heterocycles. The van der Waals surface area contributed by atoms with Crippen LogP contribution in [0.25, 0.3) is 203 Å². The van der Waals surface area contributed by atoms with Crippen LogP contribution >= 0.6 is 0 Å². The molecular weight excluding hydrogens is 1110 g/mol. The summed E-state index contributed by atoms with van der Waals surface area (Å²) in [5, 5.41) is 41.4. The molecule has 8 aromatic heterocycles. The number of nitriles is 2. The van der Waals surface area contributed by atoms with Gasteiger partial charge in [0.25, 0.3) is 0 Å². The van der Waals surface area contributed by atoms with Crippen LogP contribution in [0.1, 0.15) is 11.1 Å². The highest BCUT2D eigenvalue weighted by molar-refractivity contribution is 6.32. The third-order valence-electron chi connectivity index (χ3n) is 19.2. The monoisotopic (exact) mass is 1150 g/mol. The maximum atomic E-state index is 12.8. The second-order valence-corrected chi connectivity index (χ2v) is 23.6. The standard InChI is InChI=1S/C80H40N6O4/c81-40-51-69(42-29-30-50-68(39-42)90-64-35-31-54-70(74(50)64)43-15-1-8-22-53(43)83-54)52(41-82)79(85-56-24-10-3-17-45(56)72-59(85)33-37-66-76(72)48-20-6-13-27-62(48)88-66)80(86-57-25-11-4-18-46(57)73-60(86)34-38-67-77(73)49-21-7-14-28-63(49)89-67)78(51)84-55-23-9-2-16-44(55)71-58(84)32-36-65-75(71)47-19-5-12-26-61(47)87-65/h1-39,83H. The van der Waals surface area contributed by atoms with Gasteiger partial charge in [0, 0.05) is 103 Å². The first kappa shape index (κ1) is 47.5. The summed E-state index contributed by atoms with van der Waals surface area (Å²) in [6.45, 7) is 0. The molecule has 10 heteroatoms. The number of fused-ring (bicyclic) bond motifs is 28. The number of furan rings is 4. The Bertz CT molecular complexity index is 6720. The zero-order valence-corrected chi connectivity index (χ0v) is 47.4. The number of benzene rings is 13. The molecule has 1 N–H and O–H groups in total. The summed E-state index contributed by atoms with van der Waals surface area (Å²) in [5.41, 5.74) is 16.6. The van der Waals surface area contributed by atoms with Crippen LogP contribution in [0.15, 0.2) is 254 Å². The highest BCUT2D eigenvalue weighted by Crippen LogP contribution is 2.53. The molecule has 0 saturated heterocycles. The third-order valence-corrected chi connectivity index (χ3v) is 19.2. The summed E-state index contributed by atoms with van der Waals surface area (Å²) in [7, 11) is 0. The van der Waals surface area contributed by atoms with E-state index in [2.05, 4.69) is 213 Å². The van der Waals surface area contributed by atoms with Gasteiger partial charge in [-0.2, -0.15) is 10.5 Å². The molecule has 13 aromatic carbocycles. The van der Waals surface area contributed by atoms with Gasteiger partial charge >= 0.3 is 0 Å². The Morgan fingerprint density at radius 1 is 0.267 bits per heavy atom. The fourth-order valence-corrected chi connectivity index (χ4v) is 15.8. The van der Waals surface area contributed by atoms with Crippen molar-refractivity contribution in [3.8, 4) is 40.3 Å². The van der Waals surface area contributed by atoms with Crippen molar-refractivity contribution < 1.29 is 17.7 Å². The fourth-order valence-electron chi connectivity index (χ4n) is 15.8. The van der Waals surface area contributed by atoms with Crippen molar-refractivity contribution in [3.05, 3.63) is 248 Å². The lowest BCUT2D eigenvalue weighted by atomic mass is 9.89. The summed E-state index contributed by atoms with van der Waals surface area (Å²) in [6, 6.07) is 87.0. The van der Waals surface area contributed by atoms with Crippen LogP contribution in [0, 0.1) is 22.7 Å². The van der Waals surface area contributed by atoms with E-state index in [0.717, 1.165) is 169 Å². The van der Waals surface area contributed by atoms with E-state index in [4.69, 9.17) is 17.7 Å². The van der Waals surface area contributed by atoms with E-state index in [1.54, 1.807) is 0 Å². The third kappa shape index (κ3) is 5.89. The normalized spacial score (nSPS) is 12.4. The van der Waals surface area contributed by atoms with Gasteiger partial charge in [-0.3, -0.25) is 0 Å². The molecule has 0 fully saturated rings. The molecule has 21 rings (SSSR count). The van der Waals surface area contributed by atoms with Crippen LogP contribution in [0.2, 0.25) is 0 Å². The Labute approximate surface area is 507 Å². The van der Waals surface area contributed by atoms with E-state index >= 15 is 0 Å². The van der Waals surface area contributed by atoms with Gasteiger partial charge in [-0.25, -0.2) is 0 Å². The molecule has 0 radical (unpaired) electrons. The Morgan fingerprint density at radius 2 is 0.633 bits per heavy atom. The summed E-state index contributed by atoms with van der Waals surface area (Å²) in [6.07, 6.45) is 0. The number of para-hydroxylation sites is 7. The first-order chi connectivity index (χ1) is 44.6. The van der Waals surface area contributed by atoms with E-state index in [1.807, 2.05) is 54.6 Å². The second-order valence-electron chi connectivity index (χ2n) is 23.6. The van der Waals surface area contributed by atoms with E-state index in [9.17, 15) is 10.5 Å². The SMILES string of the molecule is N#Cc1c(-c2ccc3c(c2)oc2ccc4[nH]c5ccccc5c4c23)c(C#N)c(-n2c3ccccc3c3c4c(ccc32)oc2ccccc24)c(-n2c3ccccc3c3c4c(ccc32)oc2ccccc24)c1-n1c2ccccc2c2c3c(ccc21)oc1ccccc13. The van der Waals surface area contributed by atoms with Crippen LogP contribution in [0.3, 0.4) is 0 Å². The van der Waals surface area contributed by atoms with Crippen LogP contribution in [0.4, 0.5) is 0 Å². The molecule has 0 bridgehead atoms. The quantitative estimate of drug-likeness (QED) is 0.187. The Kier molecular flexibility index (Phi) is 8.98. The molecule has 0 atom stereocenters. The Hall–Kier alpha value is -12.8. The minimum atomic E-state index is 0.296. The molecular formula is C80H40N6O4. The van der Waals surface area contributed by atoms with Crippen molar-refractivity contribution in [2.75, 3.05) is 0 Å². The smallest absolute Gasteiger partial charge is 0.136 e. The van der Waals surface area contributed by atoms with Gasteiger partial charge in [-0.05, 0) is 109 Å². The highest BCUT2D eigenvalue weighted by Gasteiger charge is 2.35. The predicted octanol–water partition coefficient (Wildman–Crippen LogP) is 21.6. The van der Waals surface area contributed by atoms with Crippen molar-refractivity contribution in [1.82, 2.24) is 18.7 Å². The van der Waals surface area contributed by atoms with Crippen molar-refractivity contribution in [2.24, 2.45) is 0 Å². The lowest BCUT2D eigenvalue weighted by Gasteiger charge is -2.26. The van der Waals surface area contributed by atoms with Crippen molar-refractivity contribution >= 4 is 175 Å². The molecule has 0 spiro atoms. The first-order valence-electron chi connectivity index (χ1n) is 30.0. The average Bonchev–Trinajstić information content (AvgIpc) is 1.62. The highest BCUT2D eigenvalue weighted by atomic mass is 16.3. The fraction of sp³-hybridized carbons (Fsp3) is 0. The second kappa shape index (κ2) is 17.0. The number of aromatic amines is 1. The van der Waals surface area contributed by atoms with Gasteiger partial charge < -0.3 is 36.4 Å². The first-order valence-corrected chi connectivity index (χ1v) is 30.0. The van der Waals surface area contributed by atoms with Crippen molar-refractivity contribution in [1.29, 1.82) is 10.5 Å². The van der Waals surface area contributed by atoms with E-state index < -0.39 is 0 Å². The molecule has 0 amide bonds. The summed E-state index contributed by atoms with van der Waals surface area (Å²) >= 11 is 0. The number of aromatic nitrogens is 4. The zero-order chi connectivity index (χ0) is 58.8. The largest absolute Gasteiger partial charge is 0.456 e. The van der Waals surface area contributed by atoms with Crippen molar-refractivity contribution in [2.45, 2.75) is 0 Å². The number of nitrogens with one attached hydrogen (secondary N) is 1. The zero-order valence-electron chi connectivity index (χ0n) is 47.4. The lowest BCUT2D eigenvalue weighted by molar-refractivity contribution is 0.669. The van der Waals surface area contributed by atoms with Crippen LogP contribution in [-0.4, -0.2) is 18.7 Å². The number of nitrogens with zero attached hydrogens (tertiary/aromatic N) is 5. The molecule has 0 aliphatic rings. The van der Waals surface area contributed by atoms with E-state index in [1.165, 1.54) is 0 Å². The molecule has 0 saturated carbocycles. The van der Waals surface area contributed by atoms with Gasteiger partial charge in [-0.1, -0.05) is 133 Å². The molecule has 90 heavy (non-hydrogen) atoms. The topological polar surface area (TPSA) is 131 Å². The average molecular weight is 1150 g/mol. The molecule has 10 nitrogen and oxygen atoms in total. The molecule has 0 aliphatic carbocycles. The van der Waals surface area contributed by atoms with Gasteiger partial charge in [0.1, 0.15) is 56.8 Å². The van der Waals surface area contributed by atoms with E-state index in [-0.39, 0.29) is 0 Å². The number of H-pyrrole nitrogens is 1. The van der Waals surface area contributed by atoms with Gasteiger partial charge in [-0.15, -0.1) is 0 Å². The summed E-state index contributed by atoms with van der Waals surface area (Å²) < 4.78 is 33.9.